The first kappa shape index (κ1) is 13.6. The molecule has 0 saturated heterocycles. The van der Waals surface area contributed by atoms with E-state index in [-0.39, 0.29) is 5.91 Å². The van der Waals surface area contributed by atoms with Crippen molar-refractivity contribution >= 4 is 11.6 Å². The third-order valence-electron chi connectivity index (χ3n) is 2.93. The molecule has 0 fully saturated rings. The summed E-state index contributed by atoms with van der Waals surface area (Å²) in [5.74, 6) is 0.148. The molecule has 0 saturated carbocycles. The van der Waals surface area contributed by atoms with E-state index in [2.05, 4.69) is 31.3 Å². The maximum absolute atomic E-state index is 11.8. The molecule has 0 radical (unpaired) electrons. The number of hydrogen-bond acceptors (Lipinski definition) is 2. The summed E-state index contributed by atoms with van der Waals surface area (Å²) in [6, 6.07) is 6.20. The molecule has 1 aromatic carbocycles. The Morgan fingerprint density at radius 3 is 2.41 bits per heavy atom. The predicted octanol–water partition coefficient (Wildman–Crippen LogP) is 2.58. The Morgan fingerprint density at radius 1 is 1.24 bits per heavy atom. The van der Waals surface area contributed by atoms with Gasteiger partial charge in [0.25, 0.3) is 0 Å². The van der Waals surface area contributed by atoms with Gasteiger partial charge in [-0.05, 0) is 39.3 Å². The fraction of sp³-hybridized carbons (Fsp3) is 0.500. The second-order valence-corrected chi connectivity index (χ2v) is 4.24. The van der Waals surface area contributed by atoms with Crippen LogP contribution in [0, 0.1) is 13.8 Å². The number of anilines is 1. The molecule has 1 aromatic rings. The van der Waals surface area contributed by atoms with E-state index in [1.807, 2.05) is 24.8 Å². The highest BCUT2D eigenvalue weighted by Crippen LogP contribution is 2.15. The predicted molar refractivity (Wildman–Crippen MR) is 72.3 cm³/mol. The standard InChI is InChI=1S/C14H22N2O/c1-5-16(6-2)14(17)10-15-13-8-7-11(3)9-12(13)4/h7-9,15H,5-6,10H2,1-4H3. The lowest BCUT2D eigenvalue weighted by molar-refractivity contribution is -0.128. The van der Waals surface area contributed by atoms with Crippen LogP contribution in [0.1, 0.15) is 25.0 Å². The highest BCUT2D eigenvalue weighted by molar-refractivity contribution is 5.81. The fourth-order valence-electron chi connectivity index (χ4n) is 1.87. The van der Waals surface area contributed by atoms with Crippen molar-refractivity contribution in [2.24, 2.45) is 0 Å². The number of aryl methyl sites for hydroxylation is 2. The average Bonchev–Trinajstić information content (AvgIpc) is 2.29. The minimum atomic E-state index is 0.148. The van der Waals surface area contributed by atoms with Gasteiger partial charge in [0.15, 0.2) is 0 Å². The molecule has 0 heterocycles. The Bertz CT molecular complexity index is 384. The molecule has 17 heavy (non-hydrogen) atoms. The van der Waals surface area contributed by atoms with Crippen molar-refractivity contribution in [3.63, 3.8) is 0 Å². The normalized spacial score (nSPS) is 10.1. The molecule has 0 aliphatic rings. The van der Waals surface area contributed by atoms with Gasteiger partial charge >= 0.3 is 0 Å². The van der Waals surface area contributed by atoms with E-state index in [0.29, 0.717) is 6.54 Å². The van der Waals surface area contributed by atoms with Crippen LogP contribution in [-0.4, -0.2) is 30.4 Å². The van der Waals surface area contributed by atoms with Crippen molar-refractivity contribution in [3.8, 4) is 0 Å². The molecule has 1 N–H and O–H groups in total. The first-order chi connectivity index (χ1) is 8.08. The SMILES string of the molecule is CCN(CC)C(=O)CNc1ccc(C)cc1C. The van der Waals surface area contributed by atoms with Crippen LogP contribution in [0.5, 0.6) is 0 Å². The van der Waals surface area contributed by atoms with E-state index in [0.717, 1.165) is 18.8 Å². The van der Waals surface area contributed by atoms with Crippen molar-refractivity contribution in [3.05, 3.63) is 29.3 Å². The number of carbonyl (C=O) groups is 1. The number of nitrogens with zero attached hydrogens (tertiary/aromatic N) is 1. The summed E-state index contributed by atoms with van der Waals surface area (Å²) in [6.45, 7) is 10.0. The van der Waals surface area contributed by atoms with Crippen LogP contribution in [-0.2, 0) is 4.79 Å². The maximum Gasteiger partial charge on any atom is 0.241 e. The van der Waals surface area contributed by atoms with E-state index in [1.54, 1.807) is 0 Å². The van der Waals surface area contributed by atoms with E-state index in [9.17, 15) is 4.79 Å². The molecule has 0 unspecified atom stereocenters. The van der Waals surface area contributed by atoms with E-state index in [1.165, 1.54) is 11.1 Å². The zero-order chi connectivity index (χ0) is 12.8. The summed E-state index contributed by atoms with van der Waals surface area (Å²) >= 11 is 0. The molecule has 1 amide bonds. The van der Waals surface area contributed by atoms with E-state index >= 15 is 0 Å². The molecular formula is C14H22N2O. The van der Waals surface area contributed by atoms with Crippen molar-refractivity contribution in [1.29, 1.82) is 0 Å². The minimum absolute atomic E-state index is 0.148. The number of likely N-dealkylation sites (N-methyl/N-ethyl adjacent to an activating group) is 1. The van der Waals surface area contributed by atoms with Gasteiger partial charge in [0.1, 0.15) is 0 Å². The second kappa shape index (κ2) is 6.28. The number of carbonyl (C=O) groups excluding carboxylic acids is 1. The molecule has 3 nitrogen and oxygen atoms in total. The Morgan fingerprint density at radius 2 is 1.88 bits per heavy atom. The fourth-order valence-corrected chi connectivity index (χ4v) is 1.87. The Labute approximate surface area is 104 Å². The van der Waals surface area contributed by atoms with Crippen LogP contribution >= 0.6 is 0 Å². The topological polar surface area (TPSA) is 32.3 Å². The molecule has 1 rings (SSSR count). The largest absolute Gasteiger partial charge is 0.376 e. The molecule has 0 bridgehead atoms. The zero-order valence-electron chi connectivity index (χ0n) is 11.2. The number of rotatable bonds is 5. The quantitative estimate of drug-likeness (QED) is 0.849. The summed E-state index contributed by atoms with van der Waals surface area (Å²) in [4.78, 5) is 13.7. The molecule has 0 aromatic heterocycles. The monoisotopic (exact) mass is 234 g/mol. The van der Waals surface area contributed by atoms with Crippen LogP contribution in [0.4, 0.5) is 5.69 Å². The molecule has 0 atom stereocenters. The summed E-state index contributed by atoms with van der Waals surface area (Å²) in [5, 5.41) is 3.20. The first-order valence-electron chi connectivity index (χ1n) is 6.17. The van der Waals surface area contributed by atoms with Crippen molar-refractivity contribution < 1.29 is 4.79 Å². The van der Waals surface area contributed by atoms with Crippen molar-refractivity contribution in [2.45, 2.75) is 27.7 Å². The van der Waals surface area contributed by atoms with Gasteiger partial charge in [0.2, 0.25) is 5.91 Å². The van der Waals surface area contributed by atoms with Crippen molar-refractivity contribution in [2.75, 3.05) is 25.0 Å². The maximum atomic E-state index is 11.8. The third kappa shape index (κ3) is 3.77. The molecule has 94 valence electrons. The van der Waals surface area contributed by atoms with Crippen molar-refractivity contribution in [1.82, 2.24) is 4.90 Å². The zero-order valence-corrected chi connectivity index (χ0v) is 11.2. The summed E-state index contributed by atoms with van der Waals surface area (Å²) in [7, 11) is 0. The lowest BCUT2D eigenvalue weighted by Gasteiger charge is -2.19. The Kier molecular flexibility index (Phi) is 5.01. The van der Waals surface area contributed by atoms with Gasteiger partial charge in [-0.15, -0.1) is 0 Å². The second-order valence-electron chi connectivity index (χ2n) is 4.24. The van der Waals surface area contributed by atoms with Crippen LogP contribution in [0.25, 0.3) is 0 Å². The van der Waals surface area contributed by atoms with E-state index < -0.39 is 0 Å². The molecule has 0 aliphatic carbocycles. The van der Waals surface area contributed by atoms with E-state index in [4.69, 9.17) is 0 Å². The van der Waals surface area contributed by atoms with Gasteiger partial charge in [-0.2, -0.15) is 0 Å². The van der Waals surface area contributed by atoms with Crippen LogP contribution in [0.3, 0.4) is 0 Å². The number of nitrogens with one attached hydrogen (secondary N) is 1. The molecule has 3 heteroatoms. The Balaban J connectivity index is 2.58. The minimum Gasteiger partial charge on any atom is -0.376 e. The average molecular weight is 234 g/mol. The van der Waals surface area contributed by atoms with Crippen LogP contribution < -0.4 is 5.32 Å². The highest BCUT2D eigenvalue weighted by Gasteiger charge is 2.09. The van der Waals surface area contributed by atoms with Gasteiger partial charge in [0.05, 0.1) is 6.54 Å². The van der Waals surface area contributed by atoms with Gasteiger partial charge in [-0.3, -0.25) is 4.79 Å². The first-order valence-corrected chi connectivity index (χ1v) is 6.17. The van der Waals surface area contributed by atoms with Crippen LogP contribution in [0.15, 0.2) is 18.2 Å². The van der Waals surface area contributed by atoms with Crippen LogP contribution in [0.2, 0.25) is 0 Å². The van der Waals surface area contributed by atoms with Gasteiger partial charge in [0, 0.05) is 18.8 Å². The highest BCUT2D eigenvalue weighted by atomic mass is 16.2. The summed E-state index contributed by atoms with van der Waals surface area (Å²) < 4.78 is 0. The number of benzene rings is 1. The lowest BCUT2D eigenvalue weighted by Crippen LogP contribution is -2.35. The number of amides is 1. The molecule has 0 spiro atoms. The number of hydrogen-bond donors (Lipinski definition) is 1. The molecule has 0 aliphatic heterocycles. The summed E-state index contributed by atoms with van der Waals surface area (Å²) in [5.41, 5.74) is 3.46. The molecular weight excluding hydrogens is 212 g/mol. The Hall–Kier alpha value is -1.51. The van der Waals surface area contributed by atoms with Gasteiger partial charge < -0.3 is 10.2 Å². The third-order valence-corrected chi connectivity index (χ3v) is 2.93. The van der Waals surface area contributed by atoms with Gasteiger partial charge in [-0.1, -0.05) is 17.7 Å². The van der Waals surface area contributed by atoms with Gasteiger partial charge in [-0.25, -0.2) is 0 Å². The lowest BCUT2D eigenvalue weighted by atomic mass is 10.1. The summed E-state index contributed by atoms with van der Waals surface area (Å²) in [6.07, 6.45) is 0. The smallest absolute Gasteiger partial charge is 0.241 e.